The van der Waals surface area contributed by atoms with Crippen molar-refractivity contribution in [3.63, 3.8) is 0 Å². The fraction of sp³-hybridized carbons (Fsp3) is 0.214. The lowest BCUT2D eigenvalue weighted by atomic mass is 10.1. The van der Waals surface area contributed by atoms with E-state index in [9.17, 15) is 4.79 Å². The number of hydrogen-bond acceptors (Lipinski definition) is 2. The Morgan fingerprint density at radius 1 is 1.28 bits per heavy atom. The SMILES string of the molecule is COc1ccc(-c2cc(C(=O)O)c(C)n2C)cc1. The molecular formula is C14H15NO3. The maximum atomic E-state index is 11.1. The molecule has 94 valence electrons. The second kappa shape index (κ2) is 4.56. The summed E-state index contributed by atoms with van der Waals surface area (Å²) in [5, 5.41) is 9.10. The van der Waals surface area contributed by atoms with Crippen LogP contribution in [0.5, 0.6) is 5.75 Å². The normalized spacial score (nSPS) is 10.4. The van der Waals surface area contributed by atoms with Crippen LogP contribution in [0.3, 0.4) is 0 Å². The maximum Gasteiger partial charge on any atom is 0.337 e. The van der Waals surface area contributed by atoms with Gasteiger partial charge in [0.05, 0.1) is 12.7 Å². The Balaban J connectivity index is 2.50. The van der Waals surface area contributed by atoms with Crippen LogP contribution in [-0.2, 0) is 7.05 Å². The second-order valence-electron chi connectivity index (χ2n) is 4.12. The molecule has 0 spiro atoms. The number of ether oxygens (including phenoxy) is 1. The smallest absolute Gasteiger partial charge is 0.337 e. The molecule has 1 heterocycles. The van der Waals surface area contributed by atoms with Gasteiger partial charge in [-0.25, -0.2) is 4.79 Å². The summed E-state index contributed by atoms with van der Waals surface area (Å²) in [7, 11) is 3.48. The highest BCUT2D eigenvalue weighted by atomic mass is 16.5. The Bertz CT molecular complexity index is 582. The predicted octanol–water partition coefficient (Wildman–Crippen LogP) is 2.71. The molecular weight excluding hydrogens is 230 g/mol. The van der Waals surface area contributed by atoms with Crippen LogP contribution < -0.4 is 4.74 Å². The van der Waals surface area contributed by atoms with Crippen molar-refractivity contribution < 1.29 is 14.6 Å². The van der Waals surface area contributed by atoms with Gasteiger partial charge in [-0.2, -0.15) is 0 Å². The first-order valence-corrected chi connectivity index (χ1v) is 5.58. The molecule has 0 radical (unpaired) electrons. The molecule has 0 fully saturated rings. The first-order valence-electron chi connectivity index (χ1n) is 5.58. The third-order valence-corrected chi connectivity index (χ3v) is 3.15. The highest BCUT2D eigenvalue weighted by Crippen LogP contribution is 2.26. The minimum Gasteiger partial charge on any atom is -0.497 e. The summed E-state index contributed by atoms with van der Waals surface area (Å²) in [4.78, 5) is 11.1. The maximum absolute atomic E-state index is 11.1. The van der Waals surface area contributed by atoms with E-state index < -0.39 is 5.97 Å². The monoisotopic (exact) mass is 245 g/mol. The highest BCUT2D eigenvalue weighted by Gasteiger charge is 2.15. The molecule has 4 nitrogen and oxygen atoms in total. The van der Waals surface area contributed by atoms with Gasteiger partial charge in [-0.05, 0) is 42.8 Å². The number of carboxylic acids is 1. The molecule has 2 aromatic rings. The van der Waals surface area contributed by atoms with E-state index in [1.807, 2.05) is 35.9 Å². The van der Waals surface area contributed by atoms with Gasteiger partial charge in [0.25, 0.3) is 0 Å². The molecule has 0 aliphatic heterocycles. The Morgan fingerprint density at radius 2 is 1.89 bits per heavy atom. The highest BCUT2D eigenvalue weighted by molar-refractivity contribution is 5.91. The third-order valence-electron chi connectivity index (χ3n) is 3.15. The number of nitrogens with zero attached hydrogens (tertiary/aromatic N) is 1. The average Bonchev–Trinajstić information content (AvgIpc) is 2.67. The van der Waals surface area contributed by atoms with Gasteiger partial charge < -0.3 is 14.4 Å². The fourth-order valence-electron chi connectivity index (χ4n) is 1.95. The van der Waals surface area contributed by atoms with E-state index in [-0.39, 0.29) is 0 Å². The van der Waals surface area contributed by atoms with Crippen molar-refractivity contribution in [3.8, 4) is 17.0 Å². The molecule has 1 aromatic heterocycles. The van der Waals surface area contributed by atoms with Gasteiger partial charge in [-0.15, -0.1) is 0 Å². The molecule has 0 bridgehead atoms. The van der Waals surface area contributed by atoms with Gasteiger partial charge in [0, 0.05) is 18.4 Å². The number of aromatic nitrogens is 1. The third kappa shape index (κ3) is 1.97. The Kier molecular flexibility index (Phi) is 3.10. The number of rotatable bonds is 3. The topological polar surface area (TPSA) is 51.5 Å². The van der Waals surface area contributed by atoms with Crippen LogP contribution in [0.1, 0.15) is 16.1 Å². The Labute approximate surface area is 105 Å². The van der Waals surface area contributed by atoms with E-state index >= 15 is 0 Å². The zero-order valence-electron chi connectivity index (χ0n) is 10.6. The molecule has 0 atom stereocenters. The van der Waals surface area contributed by atoms with Gasteiger partial charge in [0.15, 0.2) is 0 Å². The van der Waals surface area contributed by atoms with Gasteiger partial charge >= 0.3 is 5.97 Å². The van der Waals surface area contributed by atoms with Crippen molar-refractivity contribution in [2.24, 2.45) is 7.05 Å². The minimum atomic E-state index is -0.900. The van der Waals surface area contributed by atoms with Crippen LogP contribution >= 0.6 is 0 Å². The molecule has 4 heteroatoms. The molecule has 1 aromatic carbocycles. The molecule has 0 saturated heterocycles. The molecule has 0 unspecified atom stereocenters. The van der Waals surface area contributed by atoms with Crippen LogP contribution in [0.25, 0.3) is 11.3 Å². The van der Waals surface area contributed by atoms with Gasteiger partial charge in [0.2, 0.25) is 0 Å². The van der Waals surface area contributed by atoms with Crippen molar-refractivity contribution in [1.29, 1.82) is 0 Å². The summed E-state index contributed by atoms with van der Waals surface area (Å²) in [6.07, 6.45) is 0. The van der Waals surface area contributed by atoms with Crippen molar-refractivity contribution in [3.05, 3.63) is 41.6 Å². The van der Waals surface area contributed by atoms with E-state index in [4.69, 9.17) is 9.84 Å². The summed E-state index contributed by atoms with van der Waals surface area (Å²) in [6.45, 7) is 1.80. The van der Waals surface area contributed by atoms with E-state index in [0.717, 1.165) is 22.7 Å². The van der Waals surface area contributed by atoms with Crippen LogP contribution in [0, 0.1) is 6.92 Å². The number of methoxy groups -OCH3 is 1. The van der Waals surface area contributed by atoms with Gasteiger partial charge in [-0.1, -0.05) is 0 Å². The number of carbonyl (C=O) groups is 1. The Hall–Kier alpha value is -2.23. The van der Waals surface area contributed by atoms with E-state index in [1.165, 1.54) is 0 Å². The van der Waals surface area contributed by atoms with E-state index in [2.05, 4.69) is 0 Å². The second-order valence-corrected chi connectivity index (χ2v) is 4.12. The summed E-state index contributed by atoms with van der Waals surface area (Å²) >= 11 is 0. The largest absolute Gasteiger partial charge is 0.497 e. The number of hydrogen-bond donors (Lipinski definition) is 1. The van der Waals surface area contributed by atoms with Crippen molar-refractivity contribution >= 4 is 5.97 Å². The standard InChI is InChI=1S/C14H15NO3/c1-9-12(14(16)17)8-13(15(9)2)10-4-6-11(18-3)7-5-10/h4-8H,1-3H3,(H,16,17). The average molecular weight is 245 g/mol. The van der Waals surface area contributed by atoms with Crippen LogP contribution in [-0.4, -0.2) is 22.8 Å². The first kappa shape index (κ1) is 12.2. The van der Waals surface area contributed by atoms with Crippen LogP contribution in [0.15, 0.2) is 30.3 Å². The molecule has 0 aliphatic carbocycles. The fourth-order valence-corrected chi connectivity index (χ4v) is 1.95. The summed E-state index contributed by atoms with van der Waals surface area (Å²) in [6, 6.07) is 9.24. The van der Waals surface area contributed by atoms with E-state index in [0.29, 0.717) is 5.56 Å². The zero-order chi connectivity index (χ0) is 13.3. The molecule has 0 aliphatic rings. The Morgan fingerprint density at radius 3 is 2.33 bits per heavy atom. The number of aromatic carboxylic acids is 1. The zero-order valence-corrected chi connectivity index (χ0v) is 10.6. The van der Waals surface area contributed by atoms with Crippen molar-refractivity contribution in [1.82, 2.24) is 4.57 Å². The lowest BCUT2D eigenvalue weighted by Gasteiger charge is -2.06. The van der Waals surface area contributed by atoms with Crippen LogP contribution in [0.4, 0.5) is 0 Å². The molecule has 18 heavy (non-hydrogen) atoms. The van der Waals surface area contributed by atoms with Crippen molar-refractivity contribution in [2.75, 3.05) is 7.11 Å². The van der Waals surface area contributed by atoms with Crippen LogP contribution in [0.2, 0.25) is 0 Å². The van der Waals surface area contributed by atoms with Gasteiger partial charge in [-0.3, -0.25) is 0 Å². The molecule has 0 amide bonds. The van der Waals surface area contributed by atoms with E-state index in [1.54, 1.807) is 20.1 Å². The summed E-state index contributed by atoms with van der Waals surface area (Å²) in [5.41, 5.74) is 2.93. The summed E-state index contributed by atoms with van der Waals surface area (Å²) in [5.74, 6) is -0.119. The molecule has 1 N–H and O–H groups in total. The van der Waals surface area contributed by atoms with Crippen molar-refractivity contribution in [2.45, 2.75) is 6.92 Å². The lowest BCUT2D eigenvalue weighted by molar-refractivity contribution is 0.0696. The first-order chi connectivity index (χ1) is 8.54. The molecule has 0 saturated carbocycles. The quantitative estimate of drug-likeness (QED) is 0.904. The number of carboxylic acid groups (broad SMARTS) is 1. The lowest BCUT2D eigenvalue weighted by Crippen LogP contribution is -1.99. The number of benzene rings is 1. The predicted molar refractivity (Wildman–Crippen MR) is 69.1 cm³/mol. The minimum absolute atomic E-state index is 0.336. The summed E-state index contributed by atoms with van der Waals surface area (Å²) < 4.78 is 6.98. The molecule has 2 rings (SSSR count). The van der Waals surface area contributed by atoms with Gasteiger partial charge in [0.1, 0.15) is 5.75 Å².